The summed E-state index contributed by atoms with van der Waals surface area (Å²) in [5.74, 6) is -0.134. The number of unbranched alkanes of at least 4 members (excludes halogenated alkanes) is 5. The van der Waals surface area contributed by atoms with E-state index < -0.39 is 0 Å². The molecule has 0 saturated heterocycles. The van der Waals surface area contributed by atoms with Crippen LogP contribution in [-0.2, 0) is 9.53 Å². The third-order valence-electron chi connectivity index (χ3n) is 2.30. The fourth-order valence-corrected chi connectivity index (χ4v) is 1.29. The lowest BCUT2D eigenvalue weighted by molar-refractivity contribution is -0.143. The fraction of sp³-hybridized carbons (Fsp3) is 0.929. The Kier molecular flexibility index (Phi) is 19.7. The van der Waals surface area contributed by atoms with Crippen molar-refractivity contribution in [3.05, 3.63) is 0 Å². The van der Waals surface area contributed by atoms with Crippen LogP contribution in [0.2, 0.25) is 0 Å². The Morgan fingerprint density at radius 1 is 0.941 bits per heavy atom. The quantitative estimate of drug-likeness (QED) is 0.498. The average Bonchev–Trinajstić information content (AvgIpc) is 2.33. The van der Waals surface area contributed by atoms with Gasteiger partial charge in [0.1, 0.15) is 0 Å². The summed E-state index contributed by atoms with van der Waals surface area (Å²) in [6.45, 7) is 6.93. The van der Waals surface area contributed by atoms with Gasteiger partial charge in [0.15, 0.2) is 0 Å². The molecule has 17 heavy (non-hydrogen) atoms. The number of aliphatic hydroxyl groups is 1. The van der Waals surface area contributed by atoms with Crippen molar-refractivity contribution in [1.29, 1.82) is 0 Å². The van der Waals surface area contributed by atoms with E-state index in [0.29, 0.717) is 13.0 Å². The fourth-order valence-electron chi connectivity index (χ4n) is 1.29. The van der Waals surface area contributed by atoms with Crippen LogP contribution in [0.15, 0.2) is 0 Å². The Labute approximate surface area is 107 Å². The second-order valence-electron chi connectivity index (χ2n) is 4.05. The van der Waals surface area contributed by atoms with E-state index in [1.54, 1.807) is 6.92 Å². The van der Waals surface area contributed by atoms with E-state index in [4.69, 9.17) is 9.84 Å². The van der Waals surface area contributed by atoms with Gasteiger partial charge in [-0.3, -0.25) is 4.79 Å². The van der Waals surface area contributed by atoms with Crippen molar-refractivity contribution in [3.8, 4) is 0 Å². The lowest BCUT2D eigenvalue weighted by atomic mass is 10.2. The Bertz CT molecular complexity index is 142. The molecule has 0 aliphatic rings. The lowest BCUT2D eigenvalue weighted by Gasteiger charge is -1.99. The van der Waals surface area contributed by atoms with Crippen LogP contribution in [0.3, 0.4) is 0 Å². The molecular formula is C14H30O3. The number of esters is 1. The molecule has 0 radical (unpaired) electrons. The van der Waals surface area contributed by atoms with Crippen molar-refractivity contribution < 1.29 is 14.6 Å². The molecule has 3 heteroatoms. The van der Waals surface area contributed by atoms with Gasteiger partial charge in [-0.05, 0) is 19.8 Å². The number of carbonyl (C=O) groups is 1. The van der Waals surface area contributed by atoms with Crippen LogP contribution in [0, 0.1) is 0 Å². The number of ether oxygens (including phenoxy) is 1. The maximum atomic E-state index is 10.7. The van der Waals surface area contributed by atoms with E-state index in [0.717, 1.165) is 19.3 Å². The minimum atomic E-state index is -0.134. The largest absolute Gasteiger partial charge is 0.466 e. The van der Waals surface area contributed by atoms with Crippen molar-refractivity contribution in [3.63, 3.8) is 0 Å². The standard InChI is InChI=1S/C8H16O3.C6H14/c1-2-11-8(10)6-4-3-5-7-9;1-3-5-6-4-2/h9H,2-7H2,1H3;3-6H2,1-2H3. The molecule has 0 unspecified atom stereocenters. The van der Waals surface area contributed by atoms with Crippen molar-refractivity contribution in [2.45, 2.75) is 72.1 Å². The second kappa shape index (κ2) is 17.8. The average molecular weight is 246 g/mol. The van der Waals surface area contributed by atoms with Gasteiger partial charge in [-0.25, -0.2) is 0 Å². The summed E-state index contributed by atoms with van der Waals surface area (Å²) >= 11 is 0. The van der Waals surface area contributed by atoms with Gasteiger partial charge in [0, 0.05) is 13.0 Å². The number of carbonyl (C=O) groups excluding carboxylic acids is 1. The molecule has 0 saturated carbocycles. The van der Waals surface area contributed by atoms with Gasteiger partial charge in [0.05, 0.1) is 6.61 Å². The van der Waals surface area contributed by atoms with Gasteiger partial charge in [-0.1, -0.05) is 46.0 Å². The van der Waals surface area contributed by atoms with Gasteiger partial charge in [0.25, 0.3) is 0 Å². The molecule has 0 aromatic heterocycles. The Hall–Kier alpha value is -0.570. The van der Waals surface area contributed by atoms with E-state index in [9.17, 15) is 4.79 Å². The smallest absolute Gasteiger partial charge is 0.305 e. The molecule has 0 aliphatic carbocycles. The van der Waals surface area contributed by atoms with E-state index in [1.807, 2.05) is 0 Å². The van der Waals surface area contributed by atoms with Crippen LogP contribution >= 0.6 is 0 Å². The van der Waals surface area contributed by atoms with Gasteiger partial charge >= 0.3 is 5.97 Å². The van der Waals surface area contributed by atoms with Crippen molar-refractivity contribution in [2.24, 2.45) is 0 Å². The normalized spacial score (nSPS) is 9.41. The van der Waals surface area contributed by atoms with Crippen LogP contribution in [-0.4, -0.2) is 24.3 Å². The number of hydrogen-bond acceptors (Lipinski definition) is 3. The zero-order valence-electron chi connectivity index (χ0n) is 11.8. The summed E-state index contributed by atoms with van der Waals surface area (Å²) in [6, 6.07) is 0. The minimum Gasteiger partial charge on any atom is -0.466 e. The molecule has 0 rings (SSSR count). The third kappa shape index (κ3) is 21.3. The molecule has 0 heterocycles. The molecule has 0 fully saturated rings. The highest BCUT2D eigenvalue weighted by molar-refractivity contribution is 5.69. The van der Waals surface area contributed by atoms with Crippen LogP contribution in [0.25, 0.3) is 0 Å². The lowest BCUT2D eigenvalue weighted by Crippen LogP contribution is -2.03. The van der Waals surface area contributed by atoms with Gasteiger partial charge in [-0.2, -0.15) is 0 Å². The van der Waals surface area contributed by atoms with Crippen LogP contribution in [0.1, 0.15) is 72.1 Å². The molecule has 0 spiro atoms. The number of aliphatic hydroxyl groups excluding tert-OH is 1. The molecule has 0 bridgehead atoms. The van der Waals surface area contributed by atoms with E-state index in [2.05, 4.69) is 13.8 Å². The van der Waals surface area contributed by atoms with Crippen molar-refractivity contribution in [2.75, 3.05) is 13.2 Å². The molecule has 0 amide bonds. The molecule has 0 aromatic rings. The van der Waals surface area contributed by atoms with E-state index >= 15 is 0 Å². The molecule has 1 N–H and O–H groups in total. The first-order chi connectivity index (χ1) is 8.22. The molecule has 104 valence electrons. The molecular weight excluding hydrogens is 216 g/mol. The molecule has 0 atom stereocenters. The predicted molar refractivity (Wildman–Crippen MR) is 72.0 cm³/mol. The molecule has 3 nitrogen and oxygen atoms in total. The topological polar surface area (TPSA) is 46.5 Å². The summed E-state index contributed by atoms with van der Waals surface area (Å²) in [4.78, 5) is 10.7. The summed E-state index contributed by atoms with van der Waals surface area (Å²) in [7, 11) is 0. The third-order valence-corrected chi connectivity index (χ3v) is 2.30. The highest BCUT2D eigenvalue weighted by Crippen LogP contribution is 2.00. The van der Waals surface area contributed by atoms with Crippen LogP contribution in [0.4, 0.5) is 0 Å². The van der Waals surface area contributed by atoms with Crippen LogP contribution < -0.4 is 0 Å². The SMILES string of the molecule is CCCCCC.CCOC(=O)CCCCCO. The zero-order chi connectivity index (χ0) is 13.4. The van der Waals surface area contributed by atoms with Crippen LogP contribution in [0.5, 0.6) is 0 Å². The second-order valence-corrected chi connectivity index (χ2v) is 4.05. The van der Waals surface area contributed by atoms with Gasteiger partial charge in [-0.15, -0.1) is 0 Å². The summed E-state index contributed by atoms with van der Waals surface area (Å²) < 4.78 is 4.72. The first-order valence-electron chi connectivity index (χ1n) is 6.99. The van der Waals surface area contributed by atoms with Gasteiger partial charge in [0.2, 0.25) is 0 Å². The minimum absolute atomic E-state index is 0.134. The van der Waals surface area contributed by atoms with Crippen molar-refractivity contribution >= 4 is 5.97 Å². The first-order valence-corrected chi connectivity index (χ1v) is 6.99. The highest BCUT2D eigenvalue weighted by Gasteiger charge is 1.99. The first kappa shape index (κ1) is 18.8. The number of rotatable bonds is 9. The maximum Gasteiger partial charge on any atom is 0.305 e. The summed E-state index contributed by atoms with van der Waals surface area (Å²) in [6.07, 6.45) is 8.51. The molecule has 0 aliphatic heterocycles. The zero-order valence-corrected chi connectivity index (χ0v) is 11.8. The Balaban J connectivity index is 0. The monoisotopic (exact) mass is 246 g/mol. The van der Waals surface area contributed by atoms with E-state index in [-0.39, 0.29) is 12.6 Å². The van der Waals surface area contributed by atoms with E-state index in [1.165, 1.54) is 25.7 Å². The predicted octanol–water partition coefficient (Wildman–Crippen LogP) is 3.69. The molecule has 0 aromatic carbocycles. The van der Waals surface area contributed by atoms with Gasteiger partial charge < -0.3 is 9.84 Å². The maximum absolute atomic E-state index is 10.7. The highest BCUT2D eigenvalue weighted by atomic mass is 16.5. The summed E-state index contributed by atoms with van der Waals surface area (Å²) in [5, 5.41) is 8.42. The Morgan fingerprint density at radius 2 is 1.53 bits per heavy atom. The van der Waals surface area contributed by atoms with Crippen molar-refractivity contribution in [1.82, 2.24) is 0 Å². The number of hydrogen-bond donors (Lipinski definition) is 1. The Morgan fingerprint density at radius 3 is 1.94 bits per heavy atom. The summed E-state index contributed by atoms with van der Waals surface area (Å²) in [5.41, 5.74) is 0.